The molecule has 0 spiro atoms. The molecule has 28 heavy (non-hydrogen) atoms. The van der Waals surface area contributed by atoms with Crippen molar-refractivity contribution in [3.05, 3.63) is 39.4 Å². The molecule has 1 N–H and O–H groups in total. The van der Waals surface area contributed by atoms with Gasteiger partial charge in [-0.2, -0.15) is 4.31 Å². The quantitative estimate of drug-likeness (QED) is 0.816. The van der Waals surface area contributed by atoms with E-state index in [4.69, 9.17) is 0 Å². The maximum atomic E-state index is 13.3. The standard InChI is InChI=1S/C20H27N3O3S2/c1-12-10-13(2)16(5)18(15(12)4)28(25,26)23-8-6-17(7-9-23)19(24)22-20-21-11-14(3)27-20/h10-11,17H,6-9H2,1-5H3,(H,21,22,24). The lowest BCUT2D eigenvalue weighted by atomic mass is 9.97. The number of hydrogen-bond acceptors (Lipinski definition) is 5. The molecule has 6 nitrogen and oxygen atoms in total. The van der Waals surface area contributed by atoms with Crippen LogP contribution in [0.4, 0.5) is 5.13 Å². The minimum atomic E-state index is -3.58. The van der Waals surface area contributed by atoms with Crippen LogP contribution >= 0.6 is 11.3 Å². The first-order valence-electron chi connectivity index (χ1n) is 9.42. The number of carbonyl (C=O) groups excluding carboxylic acids is 1. The average molecular weight is 422 g/mol. The first kappa shape index (κ1) is 21.0. The van der Waals surface area contributed by atoms with Crippen molar-refractivity contribution in [2.75, 3.05) is 18.4 Å². The van der Waals surface area contributed by atoms with Gasteiger partial charge in [0, 0.05) is 30.1 Å². The molecule has 1 aliphatic rings. The molecule has 0 radical (unpaired) electrons. The number of nitrogens with zero attached hydrogens (tertiary/aromatic N) is 2. The van der Waals surface area contributed by atoms with Gasteiger partial charge in [-0.25, -0.2) is 13.4 Å². The summed E-state index contributed by atoms with van der Waals surface area (Å²) in [5.41, 5.74) is 3.58. The fourth-order valence-corrected chi connectivity index (χ4v) is 6.39. The van der Waals surface area contributed by atoms with Crippen LogP contribution in [0.3, 0.4) is 0 Å². The van der Waals surface area contributed by atoms with E-state index < -0.39 is 10.0 Å². The van der Waals surface area contributed by atoms with Gasteiger partial charge in [-0.05, 0) is 69.7 Å². The van der Waals surface area contributed by atoms with Gasteiger partial charge in [0.1, 0.15) is 0 Å². The molecular weight excluding hydrogens is 394 g/mol. The molecule has 0 aliphatic carbocycles. The molecule has 1 amide bonds. The first-order valence-corrected chi connectivity index (χ1v) is 11.7. The Hall–Kier alpha value is -1.77. The smallest absolute Gasteiger partial charge is 0.243 e. The highest BCUT2D eigenvalue weighted by Gasteiger charge is 2.34. The molecule has 0 atom stereocenters. The zero-order valence-electron chi connectivity index (χ0n) is 17.0. The monoisotopic (exact) mass is 421 g/mol. The Morgan fingerprint density at radius 2 is 1.68 bits per heavy atom. The van der Waals surface area contributed by atoms with Crippen LogP contribution in [0.1, 0.15) is 40.0 Å². The SMILES string of the molecule is Cc1cnc(NC(=O)C2CCN(S(=O)(=O)c3c(C)c(C)cc(C)c3C)CC2)s1. The lowest BCUT2D eigenvalue weighted by Gasteiger charge is -2.31. The zero-order valence-corrected chi connectivity index (χ0v) is 18.6. The third-order valence-electron chi connectivity index (χ3n) is 5.57. The van der Waals surface area contributed by atoms with Gasteiger partial charge in [-0.1, -0.05) is 6.07 Å². The van der Waals surface area contributed by atoms with E-state index in [1.807, 2.05) is 40.7 Å². The number of sulfonamides is 1. The molecule has 1 aliphatic heterocycles. The van der Waals surface area contributed by atoms with Crippen molar-refractivity contribution >= 4 is 32.4 Å². The van der Waals surface area contributed by atoms with Crippen molar-refractivity contribution in [2.45, 2.75) is 52.4 Å². The summed E-state index contributed by atoms with van der Waals surface area (Å²) in [6.45, 7) is 10.3. The second kappa shape index (κ2) is 7.93. The lowest BCUT2D eigenvalue weighted by Crippen LogP contribution is -2.41. The molecule has 2 heterocycles. The Balaban J connectivity index is 1.73. The van der Waals surface area contributed by atoms with Crippen LogP contribution in [-0.4, -0.2) is 36.7 Å². The van der Waals surface area contributed by atoms with Crippen LogP contribution in [0.15, 0.2) is 17.2 Å². The van der Waals surface area contributed by atoms with Crippen molar-refractivity contribution in [2.24, 2.45) is 5.92 Å². The minimum absolute atomic E-state index is 0.0786. The number of piperidine rings is 1. The average Bonchev–Trinajstić information content (AvgIpc) is 3.05. The number of aromatic nitrogens is 1. The first-order chi connectivity index (χ1) is 13.1. The number of rotatable bonds is 4. The highest BCUT2D eigenvalue weighted by Crippen LogP contribution is 2.31. The number of hydrogen-bond donors (Lipinski definition) is 1. The van der Waals surface area contributed by atoms with Gasteiger partial charge in [-0.15, -0.1) is 11.3 Å². The molecule has 0 bridgehead atoms. The van der Waals surface area contributed by atoms with Gasteiger partial charge in [0.25, 0.3) is 0 Å². The van der Waals surface area contributed by atoms with Crippen molar-refractivity contribution in [3.63, 3.8) is 0 Å². The fraction of sp³-hybridized carbons (Fsp3) is 0.500. The number of nitrogens with one attached hydrogen (secondary N) is 1. The molecular formula is C20H27N3O3S2. The molecule has 1 aromatic carbocycles. The molecule has 2 aromatic rings. The lowest BCUT2D eigenvalue weighted by molar-refractivity contribution is -0.120. The predicted molar refractivity (Wildman–Crippen MR) is 112 cm³/mol. The number of thiazole rings is 1. The maximum Gasteiger partial charge on any atom is 0.243 e. The van der Waals surface area contributed by atoms with E-state index in [9.17, 15) is 13.2 Å². The Bertz CT molecular complexity index is 978. The van der Waals surface area contributed by atoms with E-state index in [2.05, 4.69) is 10.3 Å². The molecule has 0 unspecified atom stereocenters. The van der Waals surface area contributed by atoms with E-state index >= 15 is 0 Å². The molecule has 1 aromatic heterocycles. The summed E-state index contributed by atoms with van der Waals surface area (Å²) in [5.74, 6) is -0.276. The van der Waals surface area contributed by atoms with E-state index in [0.29, 0.717) is 36.0 Å². The number of benzene rings is 1. The summed E-state index contributed by atoms with van der Waals surface area (Å²) < 4.78 is 28.2. The molecule has 0 saturated carbocycles. The van der Waals surface area contributed by atoms with Gasteiger partial charge in [0.05, 0.1) is 4.90 Å². The van der Waals surface area contributed by atoms with Gasteiger partial charge in [0.2, 0.25) is 15.9 Å². The summed E-state index contributed by atoms with van der Waals surface area (Å²) in [7, 11) is -3.58. The summed E-state index contributed by atoms with van der Waals surface area (Å²) in [4.78, 5) is 18.1. The predicted octanol–water partition coefficient (Wildman–Crippen LogP) is 3.72. The summed E-state index contributed by atoms with van der Waals surface area (Å²) in [5, 5.41) is 3.45. The van der Waals surface area contributed by atoms with E-state index in [1.165, 1.54) is 15.6 Å². The van der Waals surface area contributed by atoms with Crippen LogP contribution in [0.5, 0.6) is 0 Å². The minimum Gasteiger partial charge on any atom is -0.302 e. The number of amides is 1. The molecule has 8 heteroatoms. The van der Waals surface area contributed by atoms with Crippen molar-refractivity contribution in [3.8, 4) is 0 Å². The van der Waals surface area contributed by atoms with Crippen LogP contribution in [0.2, 0.25) is 0 Å². The normalized spacial score (nSPS) is 16.3. The van der Waals surface area contributed by atoms with Crippen molar-refractivity contribution in [1.29, 1.82) is 0 Å². The van der Waals surface area contributed by atoms with Crippen LogP contribution in [-0.2, 0) is 14.8 Å². The van der Waals surface area contributed by atoms with Gasteiger partial charge < -0.3 is 5.32 Å². The Labute approximate surface area is 171 Å². The Kier molecular flexibility index (Phi) is 5.93. The summed E-state index contributed by atoms with van der Waals surface area (Å²) in [6, 6.07) is 2.03. The maximum absolute atomic E-state index is 13.3. The summed E-state index contributed by atoms with van der Waals surface area (Å²) >= 11 is 1.44. The molecule has 3 rings (SSSR count). The Morgan fingerprint density at radius 1 is 1.11 bits per heavy atom. The third-order valence-corrected chi connectivity index (χ3v) is 8.57. The number of carbonyl (C=O) groups is 1. The number of aryl methyl sites for hydroxylation is 3. The van der Waals surface area contributed by atoms with Crippen LogP contribution in [0, 0.1) is 40.5 Å². The topological polar surface area (TPSA) is 79.4 Å². The second-order valence-electron chi connectivity index (χ2n) is 7.53. The number of anilines is 1. The zero-order chi connectivity index (χ0) is 20.6. The summed E-state index contributed by atoms with van der Waals surface area (Å²) in [6.07, 6.45) is 2.75. The highest BCUT2D eigenvalue weighted by atomic mass is 32.2. The second-order valence-corrected chi connectivity index (χ2v) is 10.6. The van der Waals surface area contributed by atoms with Gasteiger partial charge >= 0.3 is 0 Å². The Morgan fingerprint density at radius 3 is 2.18 bits per heavy atom. The van der Waals surface area contributed by atoms with Crippen molar-refractivity contribution < 1.29 is 13.2 Å². The van der Waals surface area contributed by atoms with Crippen LogP contribution in [0.25, 0.3) is 0 Å². The van der Waals surface area contributed by atoms with Crippen molar-refractivity contribution in [1.82, 2.24) is 9.29 Å². The molecule has 1 fully saturated rings. The molecule has 152 valence electrons. The van der Waals surface area contributed by atoms with E-state index in [-0.39, 0.29) is 11.8 Å². The van der Waals surface area contributed by atoms with Gasteiger partial charge in [-0.3, -0.25) is 4.79 Å². The molecule has 1 saturated heterocycles. The fourth-order valence-electron chi connectivity index (χ4n) is 3.68. The largest absolute Gasteiger partial charge is 0.302 e. The third kappa shape index (κ3) is 3.99. The highest BCUT2D eigenvalue weighted by molar-refractivity contribution is 7.89. The van der Waals surface area contributed by atoms with Gasteiger partial charge in [0.15, 0.2) is 5.13 Å². The van der Waals surface area contributed by atoms with E-state index in [1.54, 1.807) is 6.20 Å². The van der Waals surface area contributed by atoms with E-state index in [0.717, 1.165) is 27.1 Å². The van der Waals surface area contributed by atoms with Crippen LogP contribution < -0.4 is 5.32 Å².